The minimum atomic E-state index is -0.557. The number of aryl methyl sites for hydroxylation is 2. The van der Waals surface area contributed by atoms with Gasteiger partial charge >= 0.3 is 5.97 Å². The number of rotatable bonds is 3. The molecule has 0 N–H and O–H groups in total. The van der Waals surface area contributed by atoms with E-state index in [2.05, 4.69) is 4.98 Å². The van der Waals surface area contributed by atoms with Crippen LogP contribution < -0.4 is 5.56 Å². The summed E-state index contributed by atoms with van der Waals surface area (Å²) in [5, 5.41) is 0.494. The van der Waals surface area contributed by atoms with Crippen LogP contribution >= 0.6 is 11.3 Å². The van der Waals surface area contributed by atoms with Gasteiger partial charge in [-0.15, -0.1) is 11.3 Å². The predicted molar refractivity (Wildman–Crippen MR) is 102 cm³/mol. The molecule has 1 unspecified atom stereocenters. The lowest BCUT2D eigenvalue weighted by Gasteiger charge is -2.33. The fraction of sp³-hybridized carbons (Fsp3) is 0.579. The first kappa shape index (κ1) is 18.2. The SMILES string of the molecule is Cc1c(C(=O)OCC(=O)N2CCCCC2C)sc2nc3n(c(=O)c12)CCC3. The van der Waals surface area contributed by atoms with Crippen LogP contribution in [0.25, 0.3) is 10.2 Å². The predicted octanol–water partition coefficient (Wildman–Crippen LogP) is 2.27. The fourth-order valence-electron chi connectivity index (χ4n) is 4.01. The highest BCUT2D eigenvalue weighted by Gasteiger charge is 2.27. The molecule has 1 amide bonds. The molecule has 0 aromatic carbocycles. The molecule has 7 nitrogen and oxygen atoms in total. The Bertz CT molecular complexity index is 977. The summed E-state index contributed by atoms with van der Waals surface area (Å²) in [4.78, 5) is 44.9. The molecule has 27 heavy (non-hydrogen) atoms. The Balaban J connectivity index is 1.53. The van der Waals surface area contributed by atoms with E-state index in [0.717, 1.165) is 37.9 Å². The standard InChI is InChI=1S/C19H23N3O4S/c1-11-6-3-4-8-21(11)14(23)10-26-19(25)16-12(2)15-17(27-16)20-13-7-5-9-22(13)18(15)24/h11H,3-10H2,1-2H3. The van der Waals surface area contributed by atoms with Gasteiger partial charge in [0.05, 0.1) is 5.39 Å². The van der Waals surface area contributed by atoms with Crippen molar-refractivity contribution in [2.24, 2.45) is 0 Å². The molecular formula is C19H23N3O4S. The van der Waals surface area contributed by atoms with Crippen molar-refractivity contribution < 1.29 is 14.3 Å². The van der Waals surface area contributed by atoms with Gasteiger partial charge in [0.25, 0.3) is 11.5 Å². The number of carbonyl (C=O) groups is 2. The maximum Gasteiger partial charge on any atom is 0.349 e. The molecule has 0 aliphatic carbocycles. The van der Waals surface area contributed by atoms with E-state index in [1.54, 1.807) is 16.4 Å². The number of piperidine rings is 1. The first-order chi connectivity index (χ1) is 13.0. The van der Waals surface area contributed by atoms with Gasteiger partial charge in [0.2, 0.25) is 0 Å². The van der Waals surface area contributed by atoms with Crippen molar-refractivity contribution in [1.29, 1.82) is 0 Å². The van der Waals surface area contributed by atoms with E-state index >= 15 is 0 Å². The number of nitrogens with zero attached hydrogens (tertiary/aromatic N) is 3. The van der Waals surface area contributed by atoms with Gasteiger partial charge < -0.3 is 9.64 Å². The van der Waals surface area contributed by atoms with Gasteiger partial charge in [0.15, 0.2) is 6.61 Å². The highest BCUT2D eigenvalue weighted by molar-refractivity contribution is 7.20. The van der Waals surface area contributed by atoms with E-state index in [0.29, 0.717) is 33.7 Å². The largest absolute Gasteiger partial charge is 0.451 e. The number of amides is 1. The molecule has 0 radical (unpaired) electrons. The zero-order valence-electron chi connectivity index (χ0n) is 15.6. The quantitative estimate of drug-likeness (QED) is 0.752. The summed E-state index contributed by atoms with van der Waals surface area (Å²) in [5.74, 6) is 0.0625. The Labute approximate surface area is 160 Å². The van der Waals surface area contributed by atoms with Crippen molar-refractivity contribution in [2.75, 3.05) is 13.2 Å². The first-order valence-corrected chi connectivity index (χ1v) is 10.3. The molecule has 2 aliphatic rings. The highest BCUT2D eigenvalue weighted by atomic mass is 32.1. The van der Waals surface area contributed by atoms with Crippen LogP contribution in [0.5, 0.6) is 0 Å². The maximum absolute atomic E-state index is 12.7. The number of fused-ring (bicyclic) bond motifs is 2. The zero-order chi connectivity index (χ0) is 19.1. The zero-order valence-corrected chi connectivity index (χ0v) is 16.4. The Morgan fingerprint density at radius 1 is 1.26 bits per heavy atom. The third kappa shape index (κ3) is 3.16. The second-order valence-electron chi connectivity index (χ2n) is 7.33. The Kier molecular flexibility index (Phi) is 4.75. The van der Waals surface area contributed by atoms with Crippen LogP contribution in [0.1, 0.15) is 53.7 Å². The normalized spacial score (nSPS) is 19.3. The van der Waals surface area contributed by atoms with Crippen molar-refractivity contribution in [3.05, 3.63) is 26.6 Å². The van der Waals surface area contributed by atoms with E-state index in [4.69, 9.17) is 4.74 Å². The van der Waals surface area contributed by atoms with Gasteiger partial charge in [-0.25, -0.2) is 9.78 Å². The number of hydrogen-bond acceptors (Lipinski definition) is 6. The van der Waals surface area contributed by atoms with Gasteiger partial charge in [-0.1, -0.05) is 0 Å². The van der Waals surface area contributed by atoms with Crippen LogP contribution in [0.4, 0.5) is 0 Å². The average molecular weight is 389 g/mol. The molecule has 4 rings (SSSR count). The number of ether oxygens (including phenoxy) is 1. The average Bonchev–Trinajstić information content (AvgIpc) is 3.25. The summed E-state index contributed by atoms with van der Waals surface area (Å²) in [5.41, 5.74) is 0.511. The second-order valence-corrected chi connectivity index (χ2v) is 8.33. The lowest BCUT2D eigenvalue weighted by molar-refractivity contribution is -0.137. The van der Waals surface area contributed by atoms with Crippen molar-refractivity contribution in [2.45, 2.75) is 58.5 Å². The summed E-state index contributed by atoms with van der Waals surface area (Å²) in [7, 11) is 0. The molecule has 2 aliphatic heterocycles. The van der Waals surface area contributed by atoms with Gasteiger partial charge in [-0.3, -0.25) is 14.2 Å². The van der Waals surface area contributed by atoms with Crippen LogP contribution in [0, 0.1) is 6.92 Å². The summed E-state index contributed by atoms with van der Waals surface area (Å²) >= 11 is 1.18. The van der Waals surface area contributed by atoms with Gasteiger partial charge in [-0.2, -0.15) is 0 Å². The smallest absolute Gasteiger partial charge is 0.349 e. The lowest BCUT2D eigenvalue weighted by atomic mass is 10.0. The lowest BCUT2D eigenvalue weighted by Crippen LogP contribution is -2.44. The molecule has 0 spiro atoms. The van der Waals surface area contributed by atoms with Gasteiger partial charge in [0, 0.05) is 25.6 Å². The monoisotopic (exact) mass is 389 g/mol. The Morgan fingerprint density at radius 2 is 2.07 bits per heavy atom. The van der Waals surface area contributed by atoms with Crippen molar-refractivity contribution in [3.63, 3.8) is 0 Å². The van der Waals surface area contributed by atoms with E-state index in [1.165, 1.54) is 11.3 Å². The molecule has 8 heteroatoms. The molecule has 1 fully saturated rings. The summed E-state index contributed by atoms with van der Waals surface area (Å²) in [6.07, 6.45) is 4.79. The Hall–Kier alpha value is -2.22. The molecular weight excluding hydrogens is 366 g/mol. The molecule has 2 aromatic rings. The summed E-state index contributed by atoms with van der Waals surface area (Å²) < 4.78 is 6.98. The van der Waals surface area contributed by atoms with Crippen molar-refractivity contribution in [1.82, 2.24) is 14.5 Å². The number of carbonyl (C=O) groups excluding carboxylic acids is 2. The van der Waals surface area contributed by atoms with Crippen LogP contribution in [0.3, 0.4) is 0 Å². The first-order valence-electron chi connectivity index (χ1n) is 9.46. The number of aromatic nitrogens is 2. The summed E-state index contributed by atoms with van der Waals surface area (Å²) in [6.45, 7) is 4.89. The van der Waals surface area contributed by atoms with Crippen molar-refractivity contribution >= 4 is 33.4 Å². The van der Waals surface area contributed by atoms with Crippen LogP contribution in [0.15, 0.2) is 4.79 Å². The van der Waals surface area contributed by atoms with Crippen molar-refractivity contribution in [3.8, 4) is 0 Å². The number of hydrogen-bond donors (Lipinski definition) is 0. The van der Waals surface area contributed by atoms with Gasteiger partial charge in [0.1, 0.15) is 15.5 Å². The number of thiophene rings is 1. The highest BCUT2D eigenvalue weighted by Crippen LogP contribution is 2.29. The second kappa shape index (κ2) is 7.07. The summed E-state index contributed by atoms with van der Waals surface area (Å²) in [6, 6.07) is 0.183. The molecule has 0 bridgehead atoms. The van der Waals surface area contributed by atoms with Crippen LogP contribution in [0.2, 0.25) is 0 Å². The molecule has 1 saturated heterocycles. The van der Waals surface area contributed by atoms with Crippen LogP contribution in [-0.2, 0) is 22.5 Å². The number of esters is 1. The molecule has 2 aromatic heterocycles. The van der Waals surface area contributed by atoms with E-state index in [9.17, 15) is 14.4 Å². The van der Waals surface area contributed by atoms with Crippen LogP contribution in [-0.4, -0.2) is 45.5 Å². The topological polar surface area (TPSA) is 81.5 Å². The number of likely N-dealkylation sites (tertiary alicyclic amines) is 1. The van der Waals surface area contributed by atoms with E-state index in [-0.39, 0.29) is 24.1 Å². The van der Waals surface area contributed by atoms with E-state index < -0.39 is 5.97 Å². The van der Waals surface area contributed by atoms with Gasteiger partial charge in [-0.05, 0) is 45.1 Å². The third-order valence-electron chi connectivity index (χ3n) is 5.55. The fourth-order valence-corrected chi connectivity index (χ4v) is 5.10. The van der Waals surface area contributed by atoms with E-state index in [1.807, 2.05) is 6.92 Å². The third-order valence-corrected chi connectivity index (χ3v) is 6.71. The minimum absolute atomic E-state index is 0.0847. The molecule has 0 saturated carbocycles. The maximum atomic E-state index is 12.7. The molecule has 144 valence electrons. The molecule has 1 atom stereocenters. The Morgan fingerprint density at radius 3 is 2.85 bits per heavy atom. The minimum Gasteiger partial charge on any atom is -0.451 e. The molecule has 4 heterocycles.